The molecule has 122 valence electrons. The fraction of sp³-hybridized carbons (Fsp3) is 0.800. The van der Waals surface area contributed by atoms with Crippen molar-refractivity contribution in [1.29, 1.82) is 0 Å². The molecule has 1 atom stereocenters. The highest BCUT2D eigenvalue weighted by molar-refractivity contribution is 5.79. The van der Waals surface area contributed by atoms with E-state index in [0.29, 0.717) is 13.0 Å². The average Bonchev–Trinajstić information content (AvgIpc) is 2.93. The Morgan fingerprint density at radius 1 is 1.27 bits per heavy atom. The van der Waals surface area contributed by atoms with Gasteiger partial charge in [-0.25, -0.2) is 0 Å². The molecule has 0 saturated carbocycles. The Kier molecular flexibility index (Phi) is 4.18. The lowest BCUT2D eigenvalue weighted by molar-refractivity contribution is -0.138. The maximum absolute atomic E-state index is 12.7. The van der Waals surface area contributed by atoms with Crippen molar-refractivity contribution in [1.82, 2.24) is 25.2 Å². The highest BCUT2D eigenvalue weighted by Gasteiger charge is 2.32. The Morgan fingerprint density at radius 3 is 2.64 bits per heavy atom. The molecule has 2 heterocycles. The molecule has 0 spiro atoms. The molecule has 0 bridgehead atoms. The lowest BCUT2D eigenvalue weighted by Gasteiger charge is -2.38. The van der Waals surface area contributed by atoms with Crippen LogP contribution in [0.1, 0.15) is 31.7 Å². The number of aromatic amines is 1. The molecule has 0 aromatic carbocycles. The number of carbonyl (C=O) groups is 1. The van der Waals surface area contributed by atoms with Crippen molar-refractivity contribution in [3.8, 4) is 0 Å². The van der Waals surface area contributed by atoms with Gasteiger partial charge in [0.2, 0.25) is 5.91 Å². The van der Waals surface area contributed by atoms with E-state index in [-0.39, 0.29) is 11.8 Å². The molecule has 2 N–H and O–H groups in total. The second-order valence-corrected chi connectivity index (χ2v) is 7.07. The van der Waals surface area contributed by atoms with Crippen molar-refractivity contribution in [2.24, 2.45) is 5.92 Å². The predicted octanol–water partition coefficient (Wildman–Crippen LogP) is -0.175. The number of amides is 1. The fourth-order valence-electron chi connectivity index (χ4n) is 3.43. The Bertz CT molecular complexity index is 528. The van der Waals surface area contributed by atoms with E-state index in [0.717, 1.165) is 50.4 Å². The summed E-state index contributed by atoms with van der Waals surface area (Å²) in [6, 6.07) is 0. The standard InChI is InChI=1S/C15H25N5O2/c1-15(2,22)10-19-5-7-20(8-6-19)14(21)11-3-4-12-13(9-11)17-18-16-12/h11,22H,3-10H2,1-2H3,(H,16,17,18). The minimum Gasteiger partial charge on any atom is -0.389 e. The van der Waals surface area contributed by atoms with Crippen LogP contribution >= 0.6 is 0 Å². The number of aliphatic hydroxyl groups is 1. The van der Waals surface area contributed by atoms with Gasteiger partial charge in [0.25, 0.3) is 0 Å². The molecular weight excluding hydrogens is 282 g/mol. The van der Waals surface area contributed by atoms with Gasteiger partial charge >= 0.3 is 0 Å². The van der Waals surface area contributed by atoms with Gasteiger partial charge in [0.1, 0.15) is 0 Å². The zero-order chi connectivity index (χ0) is 15.7. The van der Waals surface area contributed by atoms with Crippen molar-refractivity contribution in [2.75, 3.05) is 32.7 Å². The summed E-state index contributed by atoms with van der Waals surface area (Å²) in [6.45, 7) is 7.45. The first-order valence-electron chi connectivity index (χ1n) is 8.04. The third kappa shape index (κ3) is 3.47. The van der Waals surface area contributed by atoms with Crippen molar-refractivity contribution in [3.63, 3.8) is 0 Å². The first kappa shape index (κ1) is 15.4. The van der Waals surface area contributed by atoms with Gasteiger partial charge in [0, 0.05) is 45.1 Å². The summed E-state index contributed by atoms with van der Waals surface area (Å²) < 4.78 is 0. The molecule has 1 aromatic heterocycles. The highest BCUT2D eigenvalue weighted by atomic mass is 16.3. The highest BCUT2D eigenvalue weighted by Crippen LogP contribution is 2.24. The van der Waals surface area contributed by atoms with Gasteiger partial charge in [0.15, 0.2) is 0 Å². The maximum atomic E-state index is 12.7. The number of H-pyrrole nitrogens is 1. The number of hydrogen-bond acceptors (Lipinski definition) is 5. The maximum Gasteiger partial charge on any atom is 0.226 e. The number of nitrogens with one attached hydrogen (secondary N) is 1. The van der Waals surface area contributed by atoms with Gasteiger partial charge in [-0.2, -0.15) is 15.4 Å². The number of nitrogens with zero attached hydrogens (tertiary/aromatic N) is 4. The summed E-state index contributed by atoms with van der Waals surface area (Å²) in [4.78, 5) is 16.9. The van der Waals surface area contributed by atoms with E-state index in [1.807, 2.05) is 18.7 Å². The molecule has 1 fully saturated rings. The molecule has 0 radical (unpaired) electrons. The zero-order valence-electron chi connectivity index (χ0n) is 13.4. The van der Waals surface area contributed by atoms with Crippen LogP contribution in [-0.2, 0) is 17.6 Å². The van der Waals surface area contributed by atoms with Crippen LogP contribution in [0.25, 0.3) is 0 Å². The fourth-order valence-corrected chi connectivity index (χ4v) is 3.43. The first-order chi connectivity index (χ1) is 10.4. The number of β-amino-alcohol motifs (C(OH)–C–C–N with tert-alkyl or cyclic N) is 1. The monoisotopic (exact) mass is 307 g/mol. The van der Waals surface area contributed by atoms with Crippen LogP contribution in [0.4, 0.5) is 0 Å². The van der Waals surface area contributed by atoms with Gasteiger partial charge < -0.3 is 10.0 Å². The van der Waals surface area contributed by atoms with Crippen LogP contribution in [0.3, 0.4) is 0 Å². The van der Waals surface area contributed by atoms with E-state index in [4.69, 9.17) is 0 Å². The second-order valence-electron chi connectivity index (χ2n) is 7.07. The van der Waals surface area contributed by atoms with Gasteiger partial charge in [-0.3, -0.25) is 9.69 Å². The van der Waals surface area contributed by atoms with Crippen LogP contribution in [0.2, 0.25) is 0 Å². The Labute approximate surface area is 130 Å². The molecule has 2 aliphatic rings. The van der Waals surface area contributed by atoms with Crippen LogP contribution in [0, 0.1) is 5.92 Å². The van der Waals surface area contributed by atoms with E-state index >= 15 is 0 Å². The van der Waals surface area contributed by atoms with Crippen molar-refractivity contribution >= 4 is 5.91 Å². The summed E-state index contributed by atoms with van der Waals surface area (Å²) >= 11 is 0. The SMILES string of the molecule is CC(C)(O)CN1CCN(C(=O)C2CCc3n[nH]nc3C2)CC1. The lowest BCUT2D eigenvalue weighted by atomic mass is 9.88. The summed E-state index contributed by atoms with van der Waals surface area (Å²) in [5.74, 6) is 0.287. The molecule has 7 heteroatoms. The molecule has 1 unspecified atom stereocenters. The van der Waals surface area contributed by atoms with Gasteiger partial charge in [-0.05, 0) is 26.7 Å². The van der Waals surface area contributed by atoms with Crippen LogP contribution in [0.5, 0.6) is 0 Å². The van der Waals surface area contributed by atoms with Gasteiger partial charge in [-0.1, -0.05) is 0 Å². The Balaban J connectivity index is 1.52. The number of carbonyl (C=O) groups excluding carboxylic acids is 1. The summed E-state index contributed by atoms with van der Waals surface area (Å²) in [7, 11) is 0. The van der Waals surface area contributed by atoms with E-state index in [2.05, 4.69) is 20.3 Å². The van der Waals surface area contributed by atoms with E-state index in [1.165, 1.54) is 0 Å². The molecule has 1 aromatic rings. The molecule has 1 amide bonds. The number of hydrogen-bond donors (Lipinski definition) is 2. The third-order valence-electron chi connectivity index (χ3n) is 4.52. The first-order valence-corrected chi connectivity index (χ1v) is 8.04. The Hall–Kier alpha value is -1.47. The minimum absolute atomic E-state index is 0.0402. The normalized spacial score (nSPS) is 23.4. The van der Waals surface area contributed by atoms with Crippen molar-refractivity contribution < 1.29 is 9.90 Å². The molecule has 1 saturated heterocycles. The summed E-state index contributed by atoms with van der Waals surface area (Å²) in [5, 5.41) is 20.8. The predicted molar refractivity (Wildman–Crippen MR) is 81.2 cm³/mol. The molecule has 7 nitrogen and oxygen atoms in total. The number of aromatic nitrogens is 3. The van der Waals surface area contributed by atoms with Gasteiger partial charge in [0.05, 0.1) is 17.0 Å². The molecule has 1 aliphatic heterocycles. The van der Waals surface area contributed by atoms with Crippen LogP contribution in [-0.4, -0.2) is 74.5 Å². The third-order valence-corrected chi connectivity index (χ3v) is 4.52. The topological polar surface area (TPSA) is 85.4 Å². The van der Waals surface area contributed by atoms with Crippen molar-refractivity contribution in [3.05, 3.63) is 11.4 Å². The second kappa shape index (κ2) is 5.96. The summed E-state index contributed by atoms with van der Waals surface area (Å²) in [6.07, 6.45) is 2.40. The Morgan fingerprint density at radius 2 is 1.95 bits per heavy atom. The average molecular weight is 307 g/mol. The minimum atomic E-state index is -0.682. The molecule has 3 rings (SSSR count). The lowest BCUT2D eigenvalue weighted by Crippen LogP contribution is -2.53. The quantitative estimate of drug-likeness (QED) is 0.809. The molecule has 22 heavy (non-hydrogen) atoms. The van der Waals surface area contributed by atoms with Crippen LogP contribution < -0.4 is 0 Å². The van der Waals surface area contributed by atoms with Crippen molar-refractivity contribution in [2.45, 2.75) is 38.7 Å². The van der Waals surface area contributed by atoms with E-state index in [1.54, 1.807) is 0 Å². The smallest absolute Gasteiger partial charge is 0.226 e. The number of piperazine rings is 1. The largest absolute Gasteiger partial charge is 0.389 e. The molecular formula is C15H25N5O2. The number of aryl methyl sites for hydroxylation is 1. The summed E-state index contributed by atoms with van der Waals surface area (Å²) in [5.41, 5.74) is 1.28. The molecule has 1 aliphatic carbocycles. The zero-order valence-corrected chi connectivity index (χ0v) is 13.4. The van der Waals surface area contributed by atoms with E-state index < -0.39 is 5.60 Å². The number of fused-ring (bicyclic) bond motifs is 1. The number of rotatable bonds is 3. The van der Waals surface area contributed by atoms with Crippen LogP contribution in [0.15, 0.2) is 0 Å². The van der Waals surface area contributed by atoms with Gasteiger partial charge in [-0.15, -0.1) is 0 Å². The van der Waals surface area contributed by atoms with E-state index in [9.17, 15) is 9.90 Å².